The van der Waals surface area contributed by atoms with E-state index in [1.165, 1.54) is 0 Å². The molecule has 0 saturated carbocycles. The van der Waals surface area contributed by atoms with Gasteiger partial charge in [0.25, 0.3) is 5.91 Å². The molecule has 5 nitrogen and oxygen atoms in total. The molecule has 3 N–H and O–H groups in total. The lowest BCUT2D eigenvalue weighted by Crippen LogP contribution is -2.23. The highest BCUT2D eigenvalue weighted by atomic mass is 16.5. The van der Waals surface area contributed by atoms with E-state index < -0.39 is 0 Å². The van der Waals surface area contributed by atoms with E-state index in [1.54, 1.807) is 12.3 Å². The average molecular weight is 331 g/mol. The Bertz CT molecular complexity index is 936. The Morgan fingerprint density at radius 3 is 2.80 bits per heavy atom. The number of fused-ring (bicyclic) bond motifs is 3. The van der Waals surface area contributed by atoms with Crippen molar-refractivity contribution >= 4 is 11.6 Å². The fraction of sp³-hybridized carbons (Fsp3) is 0.100. The van der Waals surface area contributed by atoms with Crippen molar-refractivity contribution in [2.24, 2.45) is 0 Å². The fourth-order valence-electron chi connectivity index (χ4n) is 2.89. The molecule has 0 radical (unpaired) electrons. The Morgan fingerprint density at radius 1 is 1.12 bits per heavy atom. The molecule has 5 heteroatoms. The Kier molecular flexibility index (Phi) is 3.82. The molecule has 2 aromatic carbocycles. The van der Waals surface area contributed by atoms with Crippen LogP contribution in [0.5, 0.6) is 5.75 Å². The van der Waals surface area contributed by atoms with Gasteiger partial charge in [-0.25, -0.2) is 0 Å². The number of nitrogens with one attached hydrogen (secondary N) is 1. The molecule has 25 heavy (non-hydrogen) atoms. The van der Waals surface area contributed by atoms with E-state index in [0.29, 0.717) is 24.4 Å². The van der Waals surface area contributed by atoms with Crippen LogP contribution in [-0.2, 0) is 13.2 Å². The second-order valence-electron chi connectivity index (χ2n) is 5.96. The standard InChI is InChI=1S/C20H17N3O2/c21-16-4-1-13(2-5-16)10-23-20(24)14-3-6-18-17-7-8-22-11-15(17)12-25-19(18)9-14/h1-9,11H,10,12,21H2,(H,23,24). The lowest BCUT2D eigenvalue weighted by atomic mass is 9.97. The van der Waals surface area contributed by atoms with Crippen LogP contribution >= 0.6 is 0 Å². The molecule has 0 bridgehead atoms. The topological polar surface area (TPSA) is 77.2 Å². The number of ether oxygens (including phenoxy) is 1. The number of aromatic nitrogens is 1. The van der Waals surface area contributed by atoms with Crippen molar-refractivity contribution in [2.45, 2.75) is 13.2 Å². The number of benzene rings is 2. The zero-order valence-corrected chi connectivity index (χ0v) is 13.5. The first-order valence-corrected chi connectivity index (χ1v) is 8.03. The zero-order valence-electron chi connectivity index (χ0n) is 13.5. The van der Waals surface area contributed by atoms with Crippen LogP contribution in [0.1, 0.15) is 21.5 Å². The second kappa shape index (κ2) is 6.28. The summed E-state index contributed by atoms with van der Waals surface area (Å²) in [6.45, 7) is 0.915. The highest BCUT2D eigenvalue weighted by molar-refractivity contribution is 5.95. The molecule has 2 heterocycles. The van der Waals surface area contributed by atoms with Gasteiger partial charge in [0, 0.05) is 41.3 Å². The smallest absolute Gasteiger partial charge is 0.251 e. The van der Waals surface area contributed by atoms with Crippen molar-refractivity contribution in [3.8, 4) is 16.9 Å². The quantitative estimate of drug-likeness (QED) is 0.723. The number of carbonyl (C=O) groups is 1. The molecule has 1 aliphatic heterocycles. The molecule has 0 spiro atoms. The lowest BCUT2D eigenvalue weighted by Gasteiger charge is -2.20. The third-order valence-corrected chi connectivity index (χ3v) is 4.25. The number of anilines is 1. The summed E-state index contributed by atoms with van der Waals surface area (Å²) in [7, 11) is 0. The van der Waals surface area contributed by atoms with E-state index in [1.807, 2.05) is 48.7 Å². The van der Waals surface area contributed by atoms with Gasteiger partial charge in [-0.3, -0.25) is 9.78 Å². The van der Waals surface area contributed by atoms with Crippen LogP contribution < -0.4 is 15.8 Å². The van der Waals surface area contributed by atoms with Crippen LogP contribution in [0.3, 0.4) is 0 Å². The zero-order chi connectivity index (χ0) is 17.2. The van der Waals surface area contributed by atoms with Crippen LogP contribution in [0, 0.1) is 0 Å². The number of rotatable bonds is 3. The molecule has 3 aromatic rings. The first kappa shape index (κ1) is 15.2. The largest absolute Gasteiger partial charge is 0.488 e. The summed E-state index contributed by atoms with van der Waals surface area (Å²) >= 11 is 0. The summed E-state index contributed by atoms with van der Waals surface area (Å²) in [5, 5.41) is 2.92. The molecule has 0 aliphatic carbocycles. The van der Waals surface area contributed by atoms with Gasteiger partial charge in [-0.05, 0) is 47.5 Å². The summed E-state index contributed by atoms with van der Waals surface area (Å²) in [6, 6.07) is 14.9. The van der Waals surface area contributed by atoms with E-state index >= 15 is 0 Å². The van der Waals surface area contributed by atoms with Crippen LogP contribution in [0.15, 0.2) is 60.9 Å². The van der Waals surface area contributed by atoms with E-state index in [9.17, 15) is 4.79 Å². The van der Waals surface area contributed by atoms with E-state index in [4.69, 9.17) is 10.5 Å². The van der Waals surface area contributed by atoms with Gasteiger partial charge in [0.2, 0.25) is 0 Å². The molecule has 1 aliphatic rings. The van der Waals surface area contributed by atoms with Crippen LogP contribution in [0.25, 0.3) is 11.1 Å². The van der Waals surface area contributed by atoms with Gasteiger partial charge in [0.15, 0.2) is 0 Å². The van der Waals surface area contributed by atoms with Crippen molar-refractivity contribution in [3.05, 3.63) is 77.6 Å². The van der Waals surface area contributed by atoms with E-state index in [-0.39, 0.29) is 5.91 Å². The van der Waals surface area contributed by atoms with Gasteiger partial charge >= 0.3 is 0 Å². The Hall–Kier alpha value is -3.34. The maximum absolute atomic E-state index is 12.4. The Morgan fingerprint density at radius 2 is 1.96 bits per heavy atom. The number of pyridine rings is 1. The van der Waals surface area contributed by atoms with Crippen molar-refractivity contribution in [1.82, 2.24) is 10.3 Å². The van der Waals surface area contributed by atoms with Gasteiger partial charge in [0.05, 0.1) is 0 Å². The number of nitrogens with zero attached hydrogens (tertiary/aromatic N) is 1. The predicted octanol–water partition coefficient (Wildman–Crippen LogP) is 3.15. The number of hydrogen-bond donors (Lipinski definition) is 2. The van der Waals surface area contributed by atoms with Gasteiger partial charge in [0.1, 0.15) is 12.4 Å². The predicted molar refractivity (Wildman–Crippen MR) is 96.0 cm³/mol. The van der Waals surface area contributed by atoms with Gasteiger partial charge in [-0.15, -0.1) is 0 Å². The van der Waals surface area contributed by atoms with E-state index in [0.717, 1.165) is 28.0 Å². The van der Waals surface area contributed by atoms with Crippen LogP contribution in [-0.4, -0.2) is 10.9 Å². The summed E-state index contributed by atoms with van der Waals surface area (Å²) in [5.41, 5.74) is 11.1. The van der Waals surface area contributed by atoms with Gasteiger partial charge in [-0.1, -0.05) is 12.1 Å². The maximum Gasteiger partial charge on any atom is 0.251 e. The molecular formula is C20H17N3O2. The highest BCUT2D eigenvalue weighted by Crippen LogP contribution is 2.37. The summed E-state index contributed by atoms with van der Waals surface area (Å²) < 4.78 is 5.78. The van der Waals surface area contributed by atoms with Crippen LogP contribution in [0.4, 0.5) is 5.69 Å². The van der Waals surface area contributed by atoms with Crippen molar-refractivity contribution in [2.75, 3.05) is 5.73 Å². The van der Waals surface area contributed by atoms with Crippen molar-refractivity contribution in [1.29, 1.82) is 0 Å². The number of nitrogen functional groups attached to an aromatic ring is 1. The first-order valence-electron chi connectivity index (χ1n) is 8.03. The number of carbonyl (C=O) groups excluding carboxylic acids is 1. The fourth-order valence-corrected chi connectivity index (χ4v) is 2.89. The molecule has 0 unspecified atom stereocenters. The SMILES string of the molecule is Nc1ccc(CNC(=O)c2ccc3c(c2)OCc2cnccc2-3)cc1. The monoisotopic (exact) mass is 331 g/mol. The molecule has 1 amide bonds. The first-order chi connectivity index (χ1) is 12.2. The van der Waals surface area contributed by atoms with Crippen molar-refractivity contribution < 1.29 is 9.53 Å². The molecule has 124 valence electrons. The minimum atomic E-state index is -0.135. The summed E-state index contributed by atoms with van der Waals surface area (Å²) in [4.78, 5) is 16.5. The van der Waals surface area contributed by atoms with Gasteiger partial charge < -0.3 is 15.8 Å². The minimum absolute atomic E-state index is 0.135. The molecule has 0 saturated heterocycles. The summed E-state index contributed by atoms with van der Waals surface area (Å²) in [5.74, 6) is 0.586. The summed E-state index contributed by atoms with van der Waals surface area (Å²) in [6.07, 6.45) is 3.58. The normalized spacial score (nSPS) is 11.8. The lowest BCUT2D eigenvalue weighted by molar-refractivity contribution is 0.0950. The average Bonchev–Trinajstić information content (AvgIpc) is 2.66. The van der Waals surface area contributed by atoms with E-state index in [2.05, 4.69) is 10.3 Å². The minimum Gasteiger partial charge on any atom is -0.488 e. The Balaban J connectivity index is 1.52. The molecular weight excluding hydrogens is 314 g/mol. The number of amides is 1. The van der Waals surface area contributed by atoms with Gasteiger partial charge in [-0.2, -0.15) is 0 Å². The highest BCUT2D eigenvalue weighted by Gasteiger charge is 2.18. The molecule has 1 aromatic heterocycles. The third kappa shape index (κ3) is 3.04. The molecule has 0 atom stereocenters. The number of nitrogens with two attached hydrogens (primary N) is 1. The molecule has 0 fully saturated rings. The second-order valence-corrected chi connectivity index (χ2v) is 5.96. The number of hydrogen-bond acceptors (Lipinski definition) is 4. The van der Waals surface area contributed by atoms with Crippen molar-refractivity contribution in [3.63, 3.8) is 0 Å². The Labute approximate surface area is 145 Å². The molecule has 4 rings (SSSR count). The van der Waals surface area contributed by atoms with Crippen LogP contribution in [0.2, 0.25) is 0 Å². The maximum atomic E-state index is 12.4. The third-order valence-electron chi connectivity index (χ3n) is 4.25.